The molecule has 2 rings (SSSR count). The van der Waals surface area contributed by atoms with E-state index in [0.29, 0.717) is 11.6 Å². The molecular formula is C16H22FNOS. The summed E-state index contributed by atoms with van der Waals surface area (Å²) >= 11 is 4.04. The SMILES string of the molecule is CCC1CCC(N(C)C(=O)c2ccc(F)c(S)c2)CC1. The Morgan fingerprint density at radius 3 is 2.55 bits per heavy atom. The van der Waals surface area contributed by atoms with Crippen LogP contribution in [0.25, 0.3) is 0 Å². The van der Waals surface area contributed by atoms with Crippen molar-refractivity contribution in [3.05, 3.63) is 29.6 Å². The Morgan fingerprint density at radius 2 is 2.00 bits per heavy atom. The minimum absolute atomic E-state index is 0.0414. The maximum atomic E-state index is 13.2. The van der Waals surface area contributed by atoms with E-state index in [2.05, 4.69) is 19.6 Å². The average Bonchev–Trinajstić information content (AvgIpc) is 2.48. The third-order valence-electron chi connectivity index (χ3n) is 4.45. The average molecular weight is 295 g/mol. The molecule has 1 aromatic carbocycles. The number of amides is 1. The summed E-state index contributed by atoms with van der Waals surface area (Å²) < 4.78 is 13.2. The van der Waals surface area contributed by atoms with Crippen LogP contribution in [0.3, 0.4) is 0 Å². The quantitative estimate of drug-likeness (QED) is 0.830. The summed E-state index contributed by atoms with van der Waals surface area (Å²) in [7, 11) is 1.85. The Labute approximate surface area is 125 Å². The van der Waals surface area contributed by atoms with Crippen LogP contribution in [0.5, 0.6) is 0 Å². The van der Waals surface area contributed by atoms with Crippen LogP contribution in [-0.2, 0) is 0 Å². The number of nitrogens with zero attached hydrogens (tertiary/aromatic N) is 1. The summed E-state index contributed by atoms with van der Waals surface area (Å²) in [5.41, 5.74) is 0.511. The first-order chi connectivity index (χ1) is 9.52. The number of carbonyl (C=O) groups is 1. The molecule has 4 heteroatoms. The zero-order valence-corrected chi connectivity index (χ0v) is 13.0. The first kappa shape index (κ1) is 15.4. The molecule has 1 aliphatic carbocycles. The van der Waals surface area contributed by atoms with Crippen molar-refractivity contribution in [3.63, 3.8) is 0 Å². The molecule has 1 aliphatic rings. The second-order valence-electron chi connectivity index (χ2n) is 5.67. The first-order valence-corrected chi connectivity index (χ1v) is 7.73. The van der Waals surface area contributed by atoms with Gasteiger partial charge in [0, 0.05) is 23.5 Å². The van der Waals surface area contributed by atoms with Gasteiger partial charge in [0.15, 0.2) is 0 Å². The fraction of sp³-hybridized carbons (Fsp3) is 0.562. The molecule has 1 aromatic rings. The Hall–Kier alpha value is -1.03. The molecule has 1 amide bonds. The lowest BCUT2D eigenvalue weighted by molar-refractivity contribution is 0.0674. The van der Waals surface area contributed by atoms with Crippen LogP contribution in [0.2, 0.25) is 0 Å². The van der Waals surface area contributed by atoms with Gasteiger partial charge in [0.2, 0.25) is 0 Å². The molecular weight excluding hydrogens is 273 g/mol. The molecule has 1 saturated carbocycles. The normalized spacial score (nSPS) is 22.6. The van der Waals surface area contributed by atoms with Gasteiger partial charge in [-0.15, -0.1) is 12.6 Å². The Kier molecular flexibility index (Phi) is 5.08. The van der Waals surface area contributed by atoms with Crippen molar-refractivity contribution in [2.24, 2.45) is 5.92 Å². The zero-order chi connectivity index (χ0) is 14.7. The number of carbonyl (C=O) groups excluding carboxylic acids is 1. The summed E-state index contributed by atoms with van der Waals surface area (Å²) in [5.74, 6) is 0.376. The van der Waals surface area contributed by atoms with Crippen LogP contribution in [0.4, 0.5) is 4.39 Å². The van der Waals surface area contributed by atoms with E-state index < -0.39 is 5.82 Å². The maximum absolute atomic E-state index is 13.2. The molecule has 0 bridgehead atoms. The number of hydrogen-bond donors (Lipinski definition) is 1. The van der Waals surface area contributed by atoms with E-state index in [-0.39, 0.29) is 10.8 Å². The number of rotatable bonds is 3. The van der Waals surface area contributed by atoms with Crippen molar-refractivity contribution in [1.29, 1.82) is 0 Å². The summed E-state index contributed by atoms with van der Waals surface area (Å²) in [5, 5.41) is 0. The van der Waals surface area contributed by atoms with Gasteiger partial charge in [0.1, 0.15) is 5.82 Å². The predicted octanol–water partition coefficient (Wildman–Crippen LogP) is 4.16. The van der Waals surface area contributed by atoms with Gasteiger partial charge >= 0.3 is 0 Å². The van der Waals surface area contributed by atoms with Crippen LogP contribution < -0.4 is 0 Å². The van der Waals surface area contributed by atoms with Crippen molar-refractivity contribution >= 4 is 18.5 Å². The second-order valence-corrected chi connectivity index (χ2v) is 6.15. The van der Waals surface area contributed by atoms with E-state index in [1.165, 1.54) is 37.5 Å². The fourth-order valence-corrected chi connectivity index (χ4v) is 3.17. The lowest BCUT2D eigenvalue weighted by atomic mass is 9.84. The number of benzene rings is 1. The summed E-state index contributed by atoms with van der Waals surface area (Å²) in [6.07, 6.45) is 5.75. The molecule has 0 spiro atoms. The Balaban J connectivity index is 2.03. The first-order valence-electron chi connectivity index (χ1n) is 7.28. The van der Waals surface area contributed by atoms with Crippen LogP contribution in [0.1, 0.15) is 49.4 Å². The van der Waals surface area contributed by atoms with E-state index in [0.717, 1.165) is 18.8 Å². The van der Waals surface area contributed by atoms with Crippen molar-refractivity contribution in [3.8, 4) is 0 Å². The van der Waals surface area contributed by atoms with Gasteiger partial charge in [-0.25, -0.2) is 4.39 Å². The molecule has 0 aliphatic heterocycles. The highest BCUT2D eigenvalue weighted by Crippen LogP contribution is 2.29. The van der Waals surface area contributed by atoms with E-state index in [4.69, 9.17) is 0 Å². The molecule has 0 unspecified atom stereocenters. The molecule has 0 radical (unpaired) electrons. The van der Waals surface area contributed by atoms with Crippen molar-refractivity contribution < 1.29 is 9.18 Å². The van der Waals surface area contributed by atoms with E-state index in [9.17, 15) is 9.18 Å². The Morgan fingerprint density at radius 1 is 1.35 bits per heavy atom. The van der Waals surface area contributed by atoms with E-state index in [1.807, 2.05) is 11.9 Å². The number of thiol groups is 1. The van der Waals surface area contributed by atoms with Crippen LogP contribution in [-0.4, -0.2) is 23.9 Å². The van der Waals surface area contributed by atoms with Crippen LogP contribution in [0, 0.1) is 11.7 Å². The van der Waals surface area contributed by atoms with Gasteiger partial charge in [-0.3, -0.25) is 4.79 Å². The highest BCUT2D eigenvalue weighted by atomic mass is 32.1. The highest BCUT2D eigenvalue weighted by molar-refractivity contribution is 7.80. The monoisotopic (exact) mass is 295 g/mol. The zero-order valence-electron chi connectivity index (χ0n) is 12.1. The van der Waals surface area contributed by atoms with Crippen LogP contribution >= 0.6 is 12.6 Å². The molecule has 0 heterocycles. The molecule has 0 aromatic heterocycles. The highest BCUT2D eigenvalue weighted by Gasteiger charge is 2.26. The smallest absolute Gasteiger partial charge is 0.253 e. The molecule has 2 nitrogen and oxygen atoms in total. The molecule has 0 saturated heterocycles. The summed E-state index contributed by atoms with van der Waals surface area (Å²) in [6, 6.07) is 4.65. The van der Waals surface area contributed by atoms with E-state index in [1.54, 1.807) is 0 Å². The number of halogens is 1. The summed E-state index contributed by atoms with van der Waals surface area (Å²) in [4.78, 5) is 14.5. The number of hydrogen-bond acceptors (Lipinski definition) is 2. The molecule has 20 heavy (non-hydrogen) atoms. The van der Waals surface area contributed by atoms with Gasteiger partial charge in [0.25, 0.3) is 5.91 Å². The molecule has 0 N–H and O–H groups in total. The Bertz CT molecular complexity index is 483. The van der Waals surface area contributed by atoms with Gasteiger partial charge < -0.3 is 4.90 Å². The van der Waals surface area contributed by atoms with E-state index >= 15 is 0 Å². The van der Waals surface area contributed by atoms with Gasteiger partial charge in [0.05, 0.1) is 0 Å². The van der Waals surface area contributed by atoms with Crippen LogP contribution in [0.15, 0.2) is 23.1 Å². The van der Waals surface area contributed by atoms with Crippen molar-refractivity contribution in [1.82, 2.24) is 4.90 Å². The van der Waals surface area contributed by atoms with Crippen molar-refractivity contribution in [2.45, 2.75) is 50.0 Å². The lowest BCUT2D eigenvalue weighted by Gasteiger charge is -2.34. The molecule has 1 fully saturated rings. The van der Waals surface area contributed by atoms with Gasteiger partial charge in [-0.1, -0.05) is 13.3 Å². The van der Waals surface area contributed by atoms with Gasteiger partial charge in [-0.2, -0.15) is 0 Å². The second kappa shape index (κ2) is 6.61. The third kappa shape index (κ3) is 3.35. The predicted molar refractivity (Wildman–Crippen MR) is 81.8 cm³/mol. The van der Waals surface area contributed by atoms with Crippen molar-refractivity contribution in [2.75, 3.05) is 7.05 Å². The molecule has 0 atom stereocenters. The van der Waals surface area contributed by atoms with Gasteiger partial charge in [-0.05, 0) is 49.8 Å². The third-order valence-corrected chi connectivity index (χ3v) is 4.80. The minimum atomic E-state index is -0.393. The maximum Gasteiger partial charge on any atom is 0.253 e. The summed E-state index contributed by atoms with van der Waals surface area (Å²) in [6.45, 7) is 2.23. The standard InChI is InChI=1S/C16H22FNOS/c1-3-11-4-7-13(8-5-11)18(2)16(19)12-6-9-14(17)15(20)10-12/h6,9-11,13,20H,3-5,7-8H2,1-2H3. The largest absolute Gasteiger partial charge is 0.339 e. The lowest BCUT2D eigenvalue weighted by Crippen LogP contribution is -2.39. The minimum Gasteiger partial charge on any atom is -0.339 e. The molecule has 110 valence electrons. The fourth-order valence-electron chi connectivity index (χ4n) is 2.96. The topological polar surface area (TPSA) is 20.3 Å².